The van der Waals surface area contributed by atoms with Crippen LogP contribution < -0.4 is 0 Å². The minimum Gasteiger partial charge on any atom is -0.476 e. The molecule has 1 N–H and O–H groups in total. The summed E-state index contributed by atoms with van der Waals surface area (Å²) in [5, 5.41) is 16.7. The summed E-state index contributed by atoms with van der Waals surface area (Å²) in [6.45, 7) is 1.88. The topological polar surface area (TPSA) is 68.0 Å². The maximum Gasteiger partial charge on any atom is 0.358 e. The number of hydrogen-bond donors (Lipinski definition) is 1. The largest absolute Gasteiger partial charge is 0.476 e. The lowest BCUT2D eigenvalue weighted by atomic mass is 10.1. The van der Waals surface area contributed by atoms with E-state index < -0.39 is 5.97 Å². The molecule has 0 spiro atoms. The molecule has 88 valence electrons. The zero-order chi connectivity index (χ0) is 12.4. The average molecular weight is 252 g/mol. The van der Waals surface area contributed by atoms with Crippen molar-refractivity contribution in [3.63, 3.8) is 0 Å². The summed E-state index contributed by atoms with van der Waals surface area (Å²) in [5.74, 6) is -1.09. The maximum absolute atomic E-state index is 10.7. The summed E-state index contributed by atoms with van der Waals surface area (Å²) in [4.78, 5) is 10.7. The van der Waals surface area contributed by atoms with Gasteiger partial charge in [-0.25, -0.2) is 9.48 Å². The van der Waals surface area contributed by atoms with E-state index in [1.165, 1.54) is 10.9 Å². The fourth-order valence-corrected chi connectivity index (χ4v) is 1.81. The van der Waals surface area contributed by atoms with Crippen molar-refractivity contribution in [3.8, 4) is 0 Å². The number of benzene rings is 1. The molecule has 0 aliphatic heterocycles. The molecule has 1 unspecified atom stereocenters. The van der Waals surface area contributed by atoms with Crippen molar-refractivity contribution in [1.29, 1.82) is 0 Å². The first-order chi connectivity index (χ1) is 8.09. The Bertz CT molecular complexity index is 553. The predicted molar refractivity (Wildman–Crippen MR) is 62.2 cm³/mol. The van der Waals surface area contributed by atoms with Crippen LogP contribution in [0.3, 0.4) is 0 Å². The Kier molecular flexibility index (Phi) is 3.10. The zero-order valence-corrected chi connectivity index (χ0v) is 9.80. The Morgan fingerprint density at radius 2 is 2.18 bits per heavy atom. The van der Waals surface area contributed by atoms with Crippen molar-refractivity contribution < 1.29 is 9.90 Å². The second-order valence-electron chi connectivity index (χ2n) is 3.59. The van der Waals surface area contributed by atoms with Gasteiger partial charge in [-0.3, -0.25) is 0 Å². The van der Waals surface area contributed by atoms with Crippen LogP contribution in [0.5, 0.6) is 0 Å². The zero-order valence-electron chi connectivity index (χ0n) is 9.04. The molecule has 0 radical (unpaired) electrons. The van der Waals surface area contributed by atoms with Gasteiger partial charge in [0.1, 0.15) is 0 Å². The van der Waals surface area contributed by atoms with Gasteiger partial charge in [-0.1, -0.05) is 35.0 Å². The molecular formula is C11H10ClN3O2. The van der Waals surface area contributed by atoms with E-state index in [2.05, 4.69) is 10.3 Å². The van der Waals surface area contributed by atoms with Crippen molar-refractivity contribution in [1.82, 2.24) is 15.0 Å². The van der Waals surface area contributed by atoms with E-state index in [1.54, 1.807) is 6.07 Å². The number of nitrogens with zero attached hydrogens (tertiary/aromatic N) is 3. The highest BCUT2D eigenvalue weighted by atomic mass is 35.5. The van der Waals surface area contributed by atoms with Gasteiger partial charge in [-0.05, 0) is 18.6 Å². The smallest absolute Gasteiger partial charge is 0.358 e. The van der Waals surface area contributed by atoms with E-state index in [9.17, 15) is 4.79 Å². The first-order valence-electron chi connectivity index (χ1n) is 4.99. The third kappa shape index (κ3) is 2.29. The molecule has 2 aromatic rings. The summed E-state index contributed by atoms with van der Waals surface area (Å²) >= 11 is 6.06. The molecule has 0 saturated carbocycles. The highest BCUT2D eigenvalue weighted by molar-refractivity contribution is 6.31. The van der Waals surface area contributed by atoms with Gasteiger partial charge in [0.05, 0.1) is 12.2 Å². The predicted octanol–water partition coefficient (Wildman–Crippen LogP) is 2.24. The van der Waals surface area contributed by atoms with Gasteiger partial charge in [-0.2, -0.15) is 0 Å². The second kappa shape index (κ2) is 4.55. The number of carboxylic acids is 1. The number of carboxylic acid groups (broad SMARTS) is 1. The molecule has 0 aliphatic rings. The highest BCUT2D eigenvalue weighted by Gasteiger charge is 2.15. The lowest BCUT2D eigenvalue weighted by Crippen LogP contribution is -2.08. The number of carbonyl (C=O) groups is 1. The molecule has 5 nitrogen and oxygen atoms in total. The van der Waals surface area contributed by atoms with E-state index in [-0.39, 0.29) is 11.7 Å². The molecule has 1 heterocycles. The maximum atomic E-state index is 10.7. The van der Waals surface area contributed by atoms with Crippen molar-refractivity contribution >= 4 is 17.6 Å². The second-order valence-corrected chi connectivity index (χ2v) is 3.99. The van der Waals surface area contributed by atoms with E-state index in [1.807, 2.05) is 25.1 Å². The number of hydrogen-bond acceptors (Lipinski definition) is 3. The van der Waals surface area contributed by atoms with Crippen molar-refractivity contribution in [2.45, 2.75) is 13.0 Å². The van der Waals surface area contributed by atoms with Crippen LogP contribution in [0.4, 0.5) is 0 Å². The van der Waals surface area contributed by atoms with Gasteiger partial charge < -0.3 is 5.11 Å². The molecule has 1 aromatic heterocycles. The molecule has 2 rings (SSSR count). The van der Waals surface area contributed by atoms with Crippen LogP contribution in [-0.2, 0) is 0 Å². The third-order valence-corrected chi connectivity index (χ3v) is 2.83. The van der Waals surface area contributed by atoms with Crippen LogP contribution in [-0.4, -0.2) is 26.1 Å². The number of aromatic carboxylic acids is 1. The van der Waals surface area contributed by atoms with Gasteiger partial charge in [0, 0.05) is 5.02 Å². The molecule has 0 fully saturated rings. The number of rotatable bonds is 3. The highest BCUT2D eigenvalue weighted by Crippen LogP contribution is 2.24. The standard InChI is InChI=1S/C11H10ClN3O2/c1-7(8-4-2-3-5-9(8)12)15-6-10(11(16)17)13-14-15/h2-7H,1H3,(H,16,17). The lowest BCUT2D eigenvalue weighted by molar-refractivity contribution is 0.0690. The van der Waals surface area contributed by atoms with Crippen LogP contribution in [0.15, 0.2) is 30.5 Å². The first-order valence-corrected chi connectivity index (χ1v) is 5.37. The third-order valence-electron chi connectivity index (χ3n) is 2.48. The summed E-state index contributed by atoms with van der Waals surface area (Å²) < 4.78 is 1.48. The molecule has 1 atom stereocenters. The van der Waals surface area contributed by atoms with Crippen LogP contribution in [0.2, 0.25) is 5.02 Å². The SMILES string of the molecule is CC(c1ccccc1Cl)n1cc(C(=O)O)nn1. The van der Waals surface area contributed by atoms with Crippen LogP contribution in [0.25, 0.3) is 0 Å². The summed E-state index contributed by atoms with van der Waals surface area (Å²) in [6, 6.07) is 7.19. The molecule has 6 heteroatoms. The Morgan fingerprint density at radius 3 is 2.76 bits per heavy atom. The summed E-state index contributed by atoms with van der Waals surface area (Å²) in [6.07, 6.45) is 1.39. The van der Waals surface area contributed by atoms with Gasteiger partial charge in [0.25, 0.3) is 0 Å². The van der Waals surface area contributed by atoms with E-state index in [4.69, 9.17) is 16.7 Å². The normalized spacial score (nSPS) is 12.4. The first kappa shape index (κ1) is 11.6. The molecular weight excluding hydrogens is 242 g/mol. The Labute approximate surface area is 103 Å². The van der Waals surface area contributed by atoms with Gasteiger partial charge in [0.15, 0.2) is 5.69 Å². The number of aromatic nitrogens is 3. The molecule has 17 heavy (non-hydrogen) atoms. The average Bonchev–Trinajstić information content (AvgIpc) is 2.78. The Morgan fingerprint density at radius 1 is 1.47 bits per heavy atom. The van der Waals surface area contributed by atoms with Gasteiger partial charge in [0.2, 0.25) is 0 Å². The van der Waals surface area contributed by atoms with Crippen LogP contribution in [0.1, 0.15) is 29.0 Å². The van der Waals surface area contributed by atoms with Crippen LogP contribution in [0, 0.1) is 0 Å². The van der Waals surface area contributed by atoms with Gasteiger partial charge >= 0.3 is 5.97 Å². The molecule has 0 bridgehead atoms. The summed E-state index contributed by atoms with van der Waals surface area (Å²) in [5.41, 5.74) is 0.792. The molecule has 0 amide bonds. The fourth-order valence-electron chi connectivity index (χ4n) is 1.52. The minimum atomic E-state index is -1.09. The van der Waals surface area contributed by atoms with E-state index >= 15 is 0 Å². The van der Waals surface area contributed by atoms with E-state index in [0.29, 0.717) is 5.02 Å². The molecule has 1 aromatic carbocycles. The monoisotopic (exact) mass is 251 g/mol. The van der Waals surface area contributed by atoms with E-state index in [0.717, 1.165) is 5.56 Å². The fraction of sp³-hybridized carbons (Fsp3) is 0.182. The Hall–Kier alpha value is -1.88. The van der Waals surface area contributed by atoms with Gasteiger partial charge in [-0.15, -0.1) is 5.10 Å². The quantitative estimate of drug-likeness (QED) is 0.908. The summed E-state index contributed by atoms with van der Waals surface area (Å²) in [7, 11) is 0. The number of halogens is 1. The van der Waals surface area contributed by atoms with Crippen molar-refractivity contribution in [2.24, 2.45) is 0 Å². The minimum absolute atomic E-state index is 0.0797. The van der Waals surface area contributed by atoms with Crippen molar-refractivity contribution in [3.05, 3.63) is 46.7 Å². The molecule has 0 aliphatic carbocycles. The van der Waals surface area contributed by atoms with Crippen LogP contribution >= 0.6 is 11.6 Å². The molecule has 0 saturated heterocycles. The lowest BCUT2D eigenvalue weighted by Gasteiger charge is -2.12. The van der Waals surface area contributed by atoms with Crippen molar-refractivity contribution in [2.75, 3.05) is 0 Å². The Balaban J connectivity index is 2.34.